The maximum absolute atomic E-state index is 12.6. The highest BCUT2D eigenvalue weighted by atomic mass is 16.5. The fraction of sp³-hybridized carbons (Fsp3) is 0.200. The van der Waals surface area contributed by atoms with E-state index in [2.05, 4.69) is 0 Å². The molecule has 1 atom stereocenters. The van der Waals surface area contributed by atoms with Crippen molar-refractivity contribution in [2.45, 2.75) is 19.4 Å². The molecule has 0 bridgehead atoms. The summed E-state index contributed by atoms with van der Waals surface area (Å²) in [5.41, 5.74) is 1.62. The van der Waals surface area contributed by atoms with E-state index >= 15 is 0 Å². The van der Waals surface area contributed by atoms with E-state index in [1.807, 2.05) is 30.3 Å². The van der Waals surface area contributed by atoms with Crippen LogP contribution < -0.4 is 0 Å². The van der Waals surface area contributed by atoms with Gasteiger partial charge in [0.2, 0.25) is 0 Å². The van der Waals surface area contributed by atoms with Gasteiger partial charge in [-0.3, -0.25) is 14.5 Å². The molecule has 0 aromatic heterocycles. The number of nitrogens with zero attached hydrogens (tertiary/aromatic N) is 2. The van der Waals surface area contributed by atoms with Gasteiger partial charge >= 0.3 is 5.97 Å². The van der Waals surface area contributed by atoms with Crippen molar-refractivity contribution in [3.05, 3.63) is 70.8 Å². The zero-order valence-corrected chi connectivity index (χ0v) is 14.1. The lowest BCUT2D eigenvalue weighted by Crippen LogP contribution is -2.31. The normalized spacial score (nSPS) is 13.9. The van der Waals surface area contributed by atoms with Crippen molar-refractivity contribution >= 4 is 17.8 Å². The van der Waals surface area contributed by atoms with Gasteiger partial charge < -0.3 is 4.74 Å². The average Bonchev–Trinajstić information content (AvgIpc) is 2.90. The number of fused-ring (bicyclic) bond motifs is 1. The highest BCUT2D eigenvalue weighted by Crippen LogP contribution is 2.24. The summed E-state index contributed by atoms with van der Waals surface area (Å²) >= 11 is 0. The minimum atomic E-state index is -0.893. The molecule has 1 aliphatic heterocycles. The van der Waals surface area contributed by atoms with E-state index in [1.54, 1.807) is 6.07 Å². The third-order valence-corrected chi connectivity index (χ3v) is 4.14. The van der Waals surface area contributed by atoms with E-state index < -0.39 is 18.0 Å². The summed E-state index contributed by atoms with van der Waals surface area (Å²) in [6.45, 7) is 1.72. The Balaban J connectivity index is 1.77. The average molecular weight is 348 g/mol. The van der Waals surface area contributed by atoms with E-state index in [-0.39, 0.29) is 29.1 Å². The van der Waals surface area contributed by atoms with Crippen LogP contribution in [0.15, 0.2) is 48.5 Å². The number of hydrogen-bond donors (Lipinski definition) is 0. The molecule has 2 aromatic rings. The molecule has 0 saturated carbocycles. The van der Waals surface area contributed by atoms with E-state index in [0.717, 1.165) is 5.56 Å². The minimum Gasteiger partial charge on any atom is -0.444 e. The SMILES string of the molecule is C[C@H](C#N)OC(=O)c1ccc2c(c1)C(=O)N(CCc1ccccc1)C2=O. The van der Waals surface area contributed by atoms with E-state index in [1.165, 1.54) is 30.0 Å². The zero-order valence-electron chi connectivity index (χ0n) is 14.1. The number of imide groups is 1. The van der Waals surface area contributed by atoms with Crippen LogP contribution in [0.1, 0.15) is 43.6 Å². The highest BCUT2D eigenvalue weighted by molar-refractivity contribution is 6.21. The van der Waals surface area contributed by atoms with Crippen molar-refractivity contribution in [2.75, 3.05) is 6.54 Å². The molecule has 0 fully saturated rings. The molecule has 26 heavy (non-hydrogen) atoms. The van der Waals surface area contributed by atoms with Crippen LogP contribution in [0.3, 0.4) is 0 Å². The topological polar surface area (TPSA) is 87.5 Å². The number of carbonyl (C=O) groups excluding carboxylic acids is 3. The van der Waals surface area contributed by atoms with Crippen molar-refractivity contribution < 1.29 is 19.1 Å². The maximum atomic E-state index is 12.6. The fourth-order valence-corrected chi connectivity index (χ4v) is 2.76. The predicted molar refractivity (Wildman–Crippen MR) is 92.4 cm³/mol. The number of ether oxygens (including phenoxy) is 1. The summed E-state index contributed by atoms with van der Waals surface area (Å²) in [5, 5.41) is 8.72. The van der Waals surface area contributed by atoms with Crippen molar-refractivity contribution in [3.8, 4) is 6.07 Å². The van der Waals surface area contributed by atoms with Crippen molar-refractivity contribution in [1.29, 1.82) is 5.26 Å². The Kier molecular flexibility index (Phi) is 4.81. The van der Waals surface area contributed by atoms with Gasteiger partial charge in [-0.1, -0.05) is 30.3 Å². The summed E-state index contributed by atoms with van der Waals surface area (Å²) in [6, 6.07) is 15.6. The quantitative estimate of drug-likeness (QED) is 0.612. The number of hydrogen-bond acceptors (Lipinski definition) is 5. The Hall–Kier alpha value is -3.46. The summed E-state index contributed by atoms with van der Waals surface area (Å²) in [5.74, 6) is -1.50. The van der Waals surface area contributed by atoms with Gasteiger partial charge in [-0.25, -0.2) is 4.79 Å². The van der Waals surface area contributed by atoms with E-state index in [0.29, 0.717) is 6.42 Å². The van der Waals surface area contributed by atoms with Crippen molar-refractivity contribution in [1.82, 2.24) is 4.90 Å². The Bertz CT molecular complexity index is 915. The first-order valence-electron chi connectivity index (χ1n) is 8.16. The largest absolute Gasteiger partial charge is 0.444 e. The second-order valence-electron chi connectivity index (χ2n) is 5.93. The molecular formula is C20H16N2O4. The summed E-state index contributed by atoms with van der Waals surface area (Å²) < 4.78 is 4.93. The Morgan fingerprint density at radius 1 is 1.12 bits per heavy atom. The van der Waals surface area contributed by atoms with E-state index in [4.69, 9.17) is 10.00 Å². The number of nitriles is 1. The van der Waals surface area contributed by atoms with Gasteiger partial charge in [-0.2, -0.15) is 5.26 Å². The molecule has 6 heteroatoms. The number of amides is 2. The molecule has 0 saturated heterocycles. The number of benzene rings is 2. The maximum Gasteiger partial charge on any atom is 0.339 e. The van der Waals surface area contributed by atoms with Gasteiger partial charge in [0.15, 0.2) is 6.10 Å². The molecule has 2 aromatic carbocycles. The lowest BCUT2D eigenvalue weighted by Gasteiger charge is -2.13. The van der Waals surface area contributed by atoms with Crippen LogP contribution in [0.4, 0.5) is 0 Å². The highest BCUT2D eigenvalue weighted by Gasteiger charge is 2.35. The third kappa shape index (κ3) is 3.33. The van der Waals surface area contributed by atoms with E-state index in [9.17, 15) is 14.4 Å². The zero-order chi connectivity index (χ0) is 18.7. The minimum absolute atomic E-state index is 0.136. The van der Waals surface area contributed by atoms with Crippen molar-refractivity contribution in [2.24, 2.45) is 0 Å². The van der Waals surface area contributed by atoms with Gasteiger partial charge in [0.05, 0.1) is 16.7 Å². The van der Waals surface area contributed by atoms with Crippen LogP contribution in [0.5, 0.6) is 0 Å². The Labute approximate surface area is 150 Å². The Morgan fingerprint density at radius 2 is 1.81 bits per heavy atom. The van der Waals surface area contributed by atoms with Crippen LogP contribution in [0.25, 0.3) is 0 Å². The first-order chi connectivity index (χ1) is 12.5. The third-order valence-electron chi connectivity index (χ3n) is 4.14. The summed E-state index contributed by atoms with van der Waals surface area (Å²) in [6.07, 6.45) is -0.337. The number of esters is 1. The molecular weight excluding hydrogens is 332 g/mol. The molecule has 2 amide bonds. The number of rotatable bonds is 5. The predicted octanol–water partition coefficient (Wildman–Crippen LogP) is 2.59. The second kappa shape index (κ2) is 7.19. The van der Waals surface area contributed by atoms with Gasteiger partial charge in [0.25, 0.3) is 11.8 Å². The standard InChI is InChI=1S/C20H16N2O4/c1-13(12-21)26-20(25)15-7-8-16-17(11-15)19(24)22(18(16)23)10-9-14-5-3-2-4-6-14/h2-8,11,13H,9-10H2,1H3/t13-/m1/s1. The molecule has 0 aliphatic carbocycles. The van der Waals surface area contributed by atoms with Crippen LogP contribution in [0, 0.1) is 11.3 Å². The summed E-state index contributed by atoms with van der Waals surface area (Å²) in [7, 11) is 0. The van der Waals surface area contributed by atoms with Gasteiger partial charge in [0.1, 0.15) is 6.07 Å². The van der Waals surface area contributed by atoms with Gasteiger partial charge in [0, 0.05) is 6.54 Å². The van der Waals surface area contributed by atoms with Crippen LogP contribution in [-0.2, 0) is 11.2 Å². The monoisotopic (exact) mass is 348 g/mol. The molecule has 130 valence electrons. The smallest absolute Gasteiger partial charge is 0.339 e. The lowest BCUT2D eigenvalue weighted by molar-refractivity contribution is 0.0435. The fourth-order valence-electron chi connectivity index (χ4n) is 2.76. The summed E-state index contributed by atoms with van der Waals surface area (Å²) in [4.78, 5) is 38.3. The molecule has 0 spiro atoms. The molecule has 1 aliphatic rings. The molecule has 6 nitrogen and oxygen atoms in total. The lowest BCUT2D eigenvalue weighted by atomic mass is 10.1. The molecule has 3 rings (SSSR count). The van der Waals surface area contributed by atoms with Crippen LogP contribution >= 0.6 is 0 Å². The molecule has 1 heterocycles. The first-order valence-corrected chi connectivity index (χ1v) is 8.16. The van der Waals surface area contributed by atoms with Crippen molar-refractivity contribution in [3.63, 3.8) is 0 Å². The molecule has 0 N–H and O–H groups in total. The van der Waals surface area contributed by atoms with Gasteiger partial charge in [-0.15, -0.1) is 0 Å². The second-order valence-corrected chi connectivity index (χ2v) is 5.93. The van der Waals surface area contributed by atoms with Gasteiger partial charge in [-0.05, 0) is 37.1 Å². The first kappa shape index (κ1) is 17.4. The molecule has 0 unspecified atom stereocenters. The van der Waals surface area contributed by atoms with Crippen LogP contribution in [0.2, 0.25) is 0 Å². The molecule has 0 radical (unpaired) electrons. The number of carbonyl (C=O) groups is 3. The Morgan fingerprint density at radius 3 is 2.50 bits per heavy atom. The van der Waals surface area contributed by atoms with Crippen LogP contribution in [-0.4, -0.2) is 35.3 Å².